The lowest BCUT2D eigenvalue weighted by Crippen LogP contribution is -2.19. The Labute approximate surface area is 84.3 Å². The summed E-state index contributed by atoms with van der Waals surface area (Å²) in [6.07, 6.45) is 2.53. The summed E-state index contributed by atoms with van der Waals surface area (Å²) >= 11 is 0. The van der Waals surface area contributed by atoms with Crippen LogP contribution in [0.4, 0.5) is 5.82 Å². The Morgan fingerprint density at radius 2 is 2.29 bits per heavy atom. The van der Waals surface area contributed by atoms with Crippen molar-refractivity contribution < 1.29 is 4.74 Å². The van der Waals surface area contributed by atoms with Crippen molar-refractivity contribution in [2.45, 2.75) is 25.5 Å². The lowest BCUT2D eigenvalue weighted by Gasteiger charge is -2.17. The highest BCUT2D eigenvalue weighted by Crippen LogP contribution is 2.20. The minimum Gasteiger partial charge on any atom is -0.383 e. The third-order valence-corrected chi connectivity index (χ3v) is 2.26. The zero-order valence-corrected chi connectivity index (χ0v) is 8.60. The fourth-order valence-corrected chi connectivity index (χ4v) is 1.32. The van der Waals surface area contributed by atoms with E-state index in [1.807, 2.05) is 19.1 Å². The number of pyridine rings is 1. The van der Waals surface area contributed by atoms with Gasteiger partial charge in [0.25, 0.3) is 0 Å². The zero-order chi connectivity index (χ0) is 10.6. The van der Waals surface area contributed by atoms with Crippen molar-refractivity contribution in [1.82, 2.24) is 4.98 Å². The van der Waals surface area contributed by atoms with Gasteiger partial charge in [-0.1, -0.05) is 6.07 Å². The van der Waals surface area contributed by atoms with Crippen molar-refractivity contribution in [3.8, 4) is 0 Å². The second-order valence-corrected chi connectivity index (χ2v) is 3.37. The zero-order valence-electron chi connectivity index (χ0n) is 8.60. The van der Waals surface area contributed by atoms with Gasteiger partial charge in [0.15, 0.2) is 0 Å². The predicted octanol–water partition coefficient (Wildman–Crippen LogP) is 1.09. The molecule has 1 rings (SSSR count). The van der Waals surface area contributed by atoms with Gasteiger partial charge >= 0.3 is 0 Å². The Morgan fingerprint density at radius 3 is 2.86 bits per heavy atom. The van der Waals surface area contributed by atoms with Crippen molar-refractivity contribution in [3.05, 3.63) is 23.9 Å². The number of rotatable bonds is 4. The molecule has 0 spiro atoms. The van der Waals surface area contributed by atoms with Crippen LogP contribution in [0.25, 0.3) is 0 Å². The highest BCUT2D eigenvalue weighted by atomic mass is 16.5. The van der Waals surface area contributed by atoms with Gasteiger partial charge in [-0.05, 0) is 19.4 Å². The lowest BCUT2D eigenvalue weighted by molar-refractivity contribution is 0.105. The molecular formula is C10H17N3O. The van der Waals surface area contributed by atoms with Gasteiger partial charge in [0, 0.05) is 24.9 Å². The molecule has 78 valence electrons. The van der Waals surface area contributed by atoms with Crippen LogP contribution in [0.3, 0.4) is 0 Å². The molecule has 0 fully saturated rings. The van der Waals surface area contributed by atoms with E-state index >= 15 is 0 Å². The van der Waals surface area contributed by atoms with E-state index in [4.69, 9.17) is 16.2 Å². The van der Waals surface area contributed by atoms with Crippen LogP contribution in [0, 0.1) is 0 Å². The lowest BCUT2D eigenvalue weighted by atomic mass is 10.0. The summed E-state index contributed by atoms with van der Waals surface area (Å²) in [7, 11) is 1.67. The molecule has 0 bridgehead atoms. The molecule has 0 aliphatic heterocycles. The fourth-order valence-electron chi connectivity index (χ4n) is 1.32. The van der Waals surface area contributed by atoms with Crippen LogP contribution in [0.5, 0.6) is 0 Å². The number of anilines is 1. The summed E-state index contributed by atoms with van der Waals surface area (Å²) in [5.74, 6) is 0.503. The van der Waals surface area contributed by atoms with E-state index in [0.29, 0.717) is 5.82 Å². The molecular weight excluding hydrogens is 178 g/mol. The molecule has 0 aliphatic rings. The maximum atomic E-state index is 5.97. The Bertz CT molecular complexity index is 290. The van der Waals surface area contributed by atoms with E-state index in [1.54, 1.807) is 13.3 Å². The van der Waals surface area contributed by atoms with Crippen molar-refractivity contribution in [2.24, 2.45) is 5.73 Å². The monoisotopic (exact) mass is 195 g/mol. The first-order chi connectivity index (χ1) is 6.65. The van der Waals surface area contributed by atoms with Gasteiger partial charge in [-0.3, -0.25) is 0 Å². The van der Waals surface area contributed by atoms with Crippen LogP contribution in [0.1, 0.15) is 24.9 Å². The molecule has 4 N–H and O–H groups in total. The second kappa shape index (κ2) is 4.93. The van der Waals surface area contributed by atoms with Crippen molar-refractivity contribution in [1.29, 1.82) is 0 Å². The molecule has 2 atom stereocenters. The van der Waals surface area contributed by atoms with E-state index in [2.05, 4.69) is 4.98 Å². The van der Waals surface area contributed by atoms with Gasteiger partial charge in [-0.2, -0.15) is 0 Å². The molecule has 0 aliphatic carbocycles. The average molecular weight is 195 g/mol. The van der Waals surface area contributed by atoms with E-state index in [1.165, 1.54) is 0 Å². The maximum Gasteiger partial charge on any atom is 0.128 e. The highest BCUT2D eigenvalue weighted by Gasteiger charge is 2.13. The molecule has 0 amide bonds. The van der Waals surface area contributed by atoms with E-state index in [0.717, 1.165) is 12.0 Å². The molecule has 0 saturated heterocycles. The molecule has 1 heterocycles. The predicted molar refractivity (Wildman–Crippen MR) is 56.7 cm³/mol. The van der Waals surface area contributed by atoms with E-state index in [-0.39, 0.29) is 12.1 Å². The maximum absolute atomic E-state index is 5.97. The summed E-state index contributed by atoms with van der Waals surface area (Å²) in [6, 6.07) is 3.62. The first kappa shape index (κ1) is 10.9. The Hall–Kier alpha value is -1.13. The second-order valence-electron chi connectivity index (χ2n) is 3.37. The standard InChI is InChI=1S/C10H17N3O/c1-7(14-2)6-9(11)8-4-3-5-13-10(8)12/h3-5,7,9H,6,11H2,1-2H3,(H2,12,13). The van der Waals surface area contributed by atoms with Crippen molar-refractivity contribution >= 4 is 5.82 Å². The summed E-state index contributed by atoms with van der Waals surface area (Å²) in [4.78, 5) is 3.99. The SMILES string of the molecule is COC(C)CC(N)c1cccnc1N. The molecule has 1 aromatic rings. The summed E-state index contributed by atoms with van der Waals surface area (Å²) in [6.45, 7) is 1.98. The fraction of sp³-hybridized carbons (Fsp3) is 0.500. The largest absolute Gasteiger partial charge is 0.383 e. The molecule has 4 heteroatoms. The Morgan fingerprint density at radius 1 is 1.57 bits per heavy atom. The van der Waals surface area contributed by atoms with Crippen LogP contribution >= 0.6 is 0 Å². The molecule has 0 saturated carbocycles. The number of hydrogen-bond acceptors (Lipinski definition) is 4. The van der Waals surface area contributed by atoms with Gasteiger partial charge < -0.3 is 16.2 Å². The van der Waals surface area contributed by atoms with Crippen molar-refractivity contribution in [2.75, 3.05) is 12.8 Å². The first-order valence-electron chi connectivity index (χ1n) is 4.64. The number of hydrogen-bond donors (Lipinski definition) is 2. The molecule has 1 aromatic heterocycles. The summed E-state index contributed by atoms with van der Waals surface area (Å²) in [5, 5.41) is 0. The number of ether oxygens (including phenoxy) is 1. The van der Waals surface area contributed by atoms with Gasteiger partial charge in [0.1, 0.15) is 5.82 Å². The van der Waals surface area contributed by atoms with Gasteiger partial charge in [0.05, 0.1) is 6.10 Å². The average Bonchev–Trinajstić information content (AvgIpc) is 2.18. The Balaban J connectivity index is 2.69. The molecule has 0 radical (unpaired) electrons. The van der Waals surface area contributed by atoms with Crippen LogP contribution < -0.4 is 11.5 Å². The molecule has 14 heavy (non-hydrogen) atoms. The summed E-state index contributed by atoms with van der Waals surface area (Å²) in [5.41, 5.74) is 12.6. The first-order valence-corrected chi connectivity index (χ1v) is 4.64. The number of nitrogens with zero attached hydrogens (tertiary/aromatic N) is 1. The molecule has 0 aromatic carbocycles. The van der Waals surface area contributed by atoms with Gasteiger partial charge in [-0.25, -0.2) is 4.98 Å². The number of methoxy groups -OCH3 is 1. The minimum atomic E-state index is -0.112. The van der Waals surface area contributed by atoms with Crippen LogP contribution in [-0.2, 0) is 4.74 Å². The normalized spacial score (nSPS) is 15.1. The minimum absolute atomic E-state index is 0.112. The molecule has 2 unspecified atom stereocenters. The quantitative estimate of drug-likeness (QED) is 0.754. The van der Waals surface area contributed by atoms with Crippen molar-refractivity contribution in [3.63, 3.8) is 0 Å². The molecule has 4 nitrogen and oxygen atoms in total. The number of aromatic nitrogens is 1. The van der Waals surface area contributed by atoms with Crippen LogP contribution in [0.15, 0.2) is 18.3 Å². The van der Waals surface area contributed by atoms with Crippen LogP contribution in [0.2, 0.25) is 0 Å². The van der Waals surface area contributed by atoms with E-state index in [9.17, 15) is 0 Å². The summed E-state index contributed by atoms with van der Waals surface area (Å²) < 4.78 is 5.14. The third-order valence-electron chi connectivity index (χ3n) is 2.26. The third kappa shape index (κ3) is 2.68. The van der Waals surface area contributed by atoms with Crippen LogP contribution in [-0.4, -0.2) is 18.2 Å². The number of nitrogens with two attached hydrogens (primary N) is 2. The van der Waals surface area contributed by atoms with E-state index < -0.39 is 0 Å². The topological polar surface area (TPSA) is 74.2 Å². The Kier molecular flexibility index (Phi) is 3.85. The van der Waals surface area contributed by atoms with Gasteiger partial charge in [0.2, 0.25) is 0 Å². The van der Waals surface area contributed by atoms with Gasteiger partial charge in [-0.15, -0.1) is 0 Å². The highest BCUT2D eigenvalue weighted by molar-refractivity contribution is 5.40. The smallest absolute Gasteiger partial charge is 0.128 e. The number of nitrogen functional groups attached to an aromatic ring is 1.